The Kier molecular flexibility index (Phi) is 2.99. The number of pyridine rings is 1. The lowest BCUT2D eigenvalue weighted by Crippen LogP contribution is -2.29. The van der Waals surface area contributed by atoms with Crippen LogP contribution in [0, 0.1) is 0 Å². The van der Waals surface area contributed by atoms with Crippen LogP contribution in [0.5, 0.6) is 11.5 Å². The Morgan fingerprint density at radius 3 is 2.67 bits per heavy atom. The number of amides is 2. The predicted molar refractivity (Wildman–Crippen MR) is 89.8 cm³/mol. The minimum atomic E-state index is -0.742. The average Bonchev–Trinajstić information content (AvgIpc) is 3.19. The molecule has 5 rings (SSSR count). The fraction of sp³-hybridized carbons (Fsp3) is 0.118. The van der Waals surface area contributed by atoms with Gasteiger partial charge in [0.1, 0.15) is 11.3 Å². The summed E-state index contributed by atoms with van der Waals surface area (Å²) in [4.78, 5) is 58.2. The molecule has 0 radical (unpaired) electrons. The predicted octanol–water partition coefficient (Wildman–Crippen LogP) is 0.136. The lowest BCUT2D eigenvalue weighted by atomic mass is 10.2. The molecule has 0 fully saturated rings. The molecule has 27 heavy (non-hydrogen) atoms. The third kappa shape index (κ3) is 2.23. The van der Waals surface area contributed by atoms with Crippen LogP contribution in [0.3, 0.4) is 0 Å². The van der Waals surface area contributed by atoms with Gasteiger partial charge < -0.3 is 9.47 Å². The Bertz CT molecular complexity index is 1270. The molecule has 0 spiro atoms. The number of benzene rings is 1. The van der Waals surface area contributed by atoms with Crippen molar-refractivity contribution >= 4 is 22.8 Å². The summed E-state index contributed by atoms with van der Waals surface area (Å²) in [5.74, 6) is -0.0300. The van der Waals surface area contributed by atoms with Gasteiger partial charge >= 0.3 is 5.69 Å². The summed E-state index contributed by atoms with van der Waals surface area (Å²) in [7, 11) is 0. The Morgan fingerprint density at radius 1 is 1.00 bits per heavy atom. The molecular weight excluding hydrogens is 356 g/mol. The number of fused-ring (bicyclic) bond motifs is 3. The molecule has 2 amide bonds. The van der Waals surface area contributed by atoms with Crippen molar-refractivity contribution in [2.24, 2.45) is 0 Å². The lowest BCUT2D eigenvalue weighted by Gasteiger charge is -2.13. The van der Waals surface area contributed by atoms with Gasteiger partial charge in [0, 0.05) is 0 Å². The number of H-pyrrole nitrogens is 2. The Hall–Kier alpha value is -3.95. The van der Waals surface area contributed by atoms with Crippen molar-refractivity contribution in [1.82, 2.24) is 19.9 Å². The Balaban J connectivity index is 1.56. The molecule has 134 valence electrons. The largest absolute Gasteiger partial charge is 0.454 e. The van der Waals surface area contributed by atoms with Gasteiger partial charge in [0.15, 0.2) is 11.5 Å². The van der Waals surface area contributed by atoms with E-state index in [1.54, 1.807) is 18.2 Å². The summed E-state index contributed by atoms with van der Waals surface area (Å²) < 4.78 is 10.5. The van der Waals surface area contributed by atoms with E-state index >= 15 is 0 Å². The van der Waals surface area contributed by atoms with Gasteiger partial charge in [-0.25, -0.2) is 9.78 Å². The van der Waals surface area contributed by atoms with Gasteiger partial charge in [-0.1, -0.05) is 6.07 Å². The molecule has 0 unspecified atom stereocenters. The highest BCUT2D eigenvalue weighted by atomic mass is 16.7. The molecule has 4 heterocycles. The Morgan fingerprint density at radius 2 is 1.81 bits per heavy atom. The van der Waals surface area contributed by atoms with E-state index in [0.29, 0.717) is 17.1 Å². The van der Waals surface area contributed by atoms with E-state index in [-0.39, 0.29) is 35.6 Å². The zero-order valence-electron chi connectivity index (χ0n) is 13.6. The van der Waals surface area contributed by atoms with Crippen LogP contribution in [0.15, 0.2) is 33.9 Å². The third-order valence-corrected chi connectivity index (χ3v) is 4.43. The first kappa shape index (κ1) is 15.3. The summed E-state index contributed by atoms with van der Waals surface area (Å²) in [6.07, 6.45) is 0. The fourth-order valence-electron chi connectivity index (χ4n) is 3.15. The van der Waals surface area contributed by atoms with Gasteiger partial charge in [0.05, 0.1) is 17.5 Å². The van der Waals surface area contributed by atoms with Crippen molar-refractivity contribution in [2.75, 3.05) is 6.79 Å². The lowest BCUT2D eigenvalue weighted by molar-refractivity contribution is 0.0640. The summed E-state index contributed by atoms with van der Waals surface area (Å²) in [5, 5.41) is 0.0272. The van der Waals surface area contributed by atoms with Gasteiger partial charge in [-0.3, -0.25) is 29.3 Å². The van der Waals surface area contributed by atoms with Gasteiger partial charge in [-0.15, -0.1) is 0 Å². The smallest absolute Gasteiger partial charge is 0.327 e. The van der Waals surface area contributed by atoms with Crippen LogP contribution in [-0.4, -0.2) is 38.5 Å². The van der Waals surface area contributed by atoms with Crippen molar-refractivity contribution in [2.45, 2.75) is 6.54 Å². The van der Waals surface area contributed by atoms with Crippen molar-refractivity contribution in [3.8, 4) is 11.5 Å². The first-order valence-corrected chi connectivity index (χ1v) is 7.93. The molecule has 2 aliphatic heterocycles. The minimum Gasteiger partial charge on any atom is -0.454 e. The average molecular weight is 366 g/mol. The van der Waals surface area contributed by atoms with Crippen LogP contribution >= 0.6 is 0 Å². The quantitative estimate of drug-likeness (QED) is 0.616. The molecular formula is C17H10N4O6. The van der Waals surface area contributed by atoms with Crippen LogP contribution in [0.1, 0.15) is 26.4 Å². The molecule has 2 aliphatic rings. The van der Waals surface area contributed by atoms with Crippen LogP contribution < -0.4 is 20.7 Å². The molecule has 10 nitrogen and oxygen atoms in total. The molecule has 2 N–H and O–H groups in total. The first-order valence-electron chi connectivity index (χ1n) is 7.93. The van der Waals surface area contributed by atoms with E-state index in [1.165, 1.54) is 6.07 Å². The highest BCUT2D eigenvalue weighted by molar-refractivity contribution is 6.21. The number of ether oxygens (including phenoxy) is 2. The molecule has 0 saturated heterocycles. The molecule has 0 saturated carbocycles. The molecule has 0 bridgehead atoms. The SMILES string of the molecule is O=C1c2cc3c(=O)[nH]c(=O)[nH]c3nc2C(=O)N1Cc1ccc2c(c1)OCO2. The summed E-state index contributed by atoms with van der Waals surface area (Å²) in [6.45, 7) is 0.128. The number of carbonyl (C=O) groups excluding carboxylic acids is 2. The number of rotatable bonds is 2. The van der Waals surface area contributed by atoms with Crippen LogP contribution in [0.4, 0.5) is 0 Å². The maximum absolute atomic E-state index is 12.7. The van der Waals surface area contributed by atoms with Crippen molar-refractivity contribution in [1.29, 1.82) is 0 Å². The van der Waals surface area contributed by atoms with Gasteiger partial charge in [-0.2, -0.15) is 0 Å². The van der Waals surface area contributed by atoms with E-state index in [2.05, 4.69) is 15.0 Å². The van der Waals surface area contributed by atoms with Crippen molar-refractivity contribution in [3.05, 3.63) is 61.9 Å². The fourth-order valence-corrected chi connectivity index (χ4v) is 3.15. The zero-order chi connectivity index (χ0) is 18.7. The van der Waals surface area contributed by atoms with Gasteiger partial charge in [0.2, 0.25) is 6.79 Å². The summed E-state index contributed by atoms with van der Waals surface area (Å²) in [6, 6.07) is 6.39. The van der Waals surface area contributed by atoms with E-state index in [1.807, 2.05) is 0 Å². The second kappa shape index (κ2) is 5.27. The van der Waals surface area contributed by atoms with Crippen LogP contribution in [-0.2, 0) is 6.54 Å². The number of nitrogens with one attached hydrogen (secondary N) is 2. The number of aromatic amines is 2. The zero-order valence-corrected chi connectivity index (χ0v) is 13.6. The number of hydrogen-bond donors (Lipinski definition) is 2. The van der Waals surface area contributed by atoms with Crippen LogP contribution in [0.25, 0.3) is 11.0 Å². The van der Waals surface area contributed by atoms with Crippen LogP contribution in [0.2, 0.25) is 0 Å². The molecule has 10 heteroatoms. The highest BCUT2D eigenvalue weighted by Crippen LogP contribution is 2.33. The standard InChI is InChI=1S/C17H10N4O6/c22-14-9-4-8-12(18-13(9)19-17(25)20-14)16(24)21(15(8)23)5-7-1-2-10-11(3-7)27-6-26-10/h1-4H,5-6H2,(H2,18,19,20,22,25). The molecule has 1 aromatic carbocycles. The maximum atomic E-state index is 12.7. The number of carbonyl (C=O) groups is 2. The number of aromatic nitrogens is 3. The summed E-state index contributed by atoms with van der Waals surface area (Å²) >= 11 is 0. The normalized spacial score (nSPS) is 14.9. The molecule has 2 aromatic heterocycles. The van der Waals surface area contributed by atoms with Gasteiger partial charge in [0.25, 0.3) is 17.4 Å². The Labute approximate surface area is 149 Å². The van der Waals surface area contributed by atoms with Gasteiger partial charge in [-0.05, 0) is 23.8 Å². The monoisotopic (exact) mass is 366 g/mol. The minimum absolute atomic E-state index is 0.00783. The highest BCUT2D eigenvalue weighted by Gasteiger charge is 2.38. The second-order valence-electron chi connectivity index (χ2n) is 6.07. The maximum Gasteiger partial charge on any atom is 0.327 e. The number of hydrogen-bond acceptors (Lipinski definition) is 7. The number of imide groups is 1. The molecule has 3 aromatic rings. The number of nitrogens with zero attached hydrogens (tertiary/aromatic N) is 2. The first-order chi connectivity index (χ1) is 13.0. The van der Waals surface area contributed by atoms with Crippen molar-refractivity contribution < 1.29 is 19.1 Å². The molecule has 0 atom stereocenters. The molecule has 0 aliphatic carbocycles. The van der Waals surface area contributed by atoms with E-state index in [0.717, 1.165) is 4.90 Å². The second-order valence-corrected chi connectivity index (χ2v) is 6.07. The van der Waals surface area contributed by atoms with Crippen molar-refractivity contribution in [3.63, 3.8) is 0 Å². The van der Waals surface area contributed by atoms with E-state index in [4.69, 9.17) is 9.47 Å². The topological polar surface area (TPSA) is 134 Å². The van der Waals surface area contributed by atoms with E-state index < -0.39 is 23.1 Å². The third-order valence-electron chi connectivity index (χ3n) is 4.43. The van der Waals surface area contributed by atoms with E-state index in [9.17, 15) is 19.2 Å². The summed E-state index contributed by atoms with van der Waals surface area (Å²) in [5.41, 5.74) is -0.883.